The number of nitrogens with one attached hydrogen (secondary N) is 1. The Balaban J connectivity index is 2.27. The number of hydrogen-bond acceptors (Lipinski definition) is 2. The van der Waals surface area contributed by atoms with E-state index in [1.54, 1.807) is 0 Å². The van der Waals surface area contributed by atoms with Gasteiger partial charge in [-0.15, -0.1) is 11.8 Å². The van der Waals surface area contributed by atoms with Gasteiger partial charge in [-0.25, -0.2) is 0 Å². The Hall–Kier alpha value is -0.110. The Morgan fingerprint density at radius 1 is 1.80 bits per heavy atom. The normalized spacial score (nSPS) is 44.6. The summed E-state index contributed by atoms with van der Waals surface area (Å²) in [6.07, 6.45) is 3.73. The zero-order valence-electron chi connectivity index (χ0n) is 6.48. The monoisotopic (exact) mass is 155 g/mol. The second kappa shape index (κ2) is 1.94. The van der Waals surface area contributed by atoms with Crippen LogP contribution in [0.2, 0.25) is 0 Å². The first-order valence-electron chi connectivity index (χ1n) is 3.78. The van der Waals surface area contributed by atoms with E-state index >= 15 is 0 Å². The maximum atomic E-state index is 3.48. The van der Waals surface area contributed by atoms with Gasteiger partial charge in [0.15, 0.2) is 0 Å². The Morgan fingerprint density at radius 3 is 3.30 bits per heavy atom. The zero-order chi connectivity index (χ0) is 7.19. The summed E-state index contributed by atoms with van der Waals surface area (Å²) >= 11 is 2.05. The fraction of sp³-hybridized carbons (Fsp3) is 0.750. The molecule has 0 aliphatic carbocycles. The van der Waals surface area contributed by atoms with E-state index in [9.17, 15) is 0 Å². The minimum Gasteiger partial charge on any atom is -0.376 e. The second-order valence-electron chi connectivity index (χ2n) is 3.48. The number of rotatable bonds is 0. The van der Waals surface area contributed by atoms with Crippen molar-refractivity contribution in [1.82, 2.24) is 5.32 Å². The SMILES string of the molecule is CC1=CC2(C)CCSC2N1. The summed E-state index contributed by atoms with van der Waals surface area (Å²) in [5.41, 5.74) is 1.83. The van der Waals surface area contributed by atoms with Crippen molar-refractivity contribution in [2.24, 2.45) is 5.41 Å². The third kappa shape index (κ3) is 0.782. The Bertz CT molecular complexity index is 188. The zero-order valence-corrected chi connectivity index (χ0v) is 7.29. The molecule has 0 aromatic carbocycles. The van der Waals surface area contributed by atoms with Crippen molar-refractivity contribution in [3.8, 4) is 0 Å². The van der Waals surface area contributed by atoms with Crippen molar-refractivity contribution >= 4 is 11.8 Å². The molecule has 0 spiro atoms. The van der Waals surface area contributed by atoms with Crippen LogP contribution in [0.3, 0.4) is 0 Å². The lowest BCUT2D eigenvalue weighted by atomic mass is 9.89. The van der Waals surface area contributed by atoms with E-state index in [4.69, 9.17) is 0 Å². The third-order valence-corrected chi connectivity index (χ3v) is 3.86. The molecule has 0 bridgehead atoms. The molecule has 2 unspecified atom stereocenters. The van der Waals surface area contributed by atoms with Gasteiger partial charge in [-0.3, -0.25) is 0 Å². The molecule has 2 aliphatic heterocycles. The number of thioether (sulfide) groups is 1. The van der Waals surface area contributed by atoms with E-state index in [1.165, 1.54) is 17.9 Å². The number of allylic oxidation sites excluding steroid dienone is 1. The highest BCUT2D eigenvalue weighted by atomic mass is 32.2. The highest BCUT2D eigenvalue weighted by Gasteiger charge is 2.41. The second-order valence-corrected chi connectivity index (χ2v) is 4.69. The molecule has 0 amide bonds. The molecule has 1 nitrogen and oxygen atoms in total. The van der Waals surface area contributed by atoms with Crippen molar-refractivity contribution < 1.29 is 0 Å². The van der Waals surface area contributed by atoms with Gasteiger partial charge in [0.05, 0.1) is 5.37 Å². The summed E-state index contributed by atoms with van der Waals surface area (Å²) in [4.78, 5) is 0. The van der Waals surface area contributed by atoms with Crippen LogP contribution in [0.1, 0.15) is 20.3 Å². The predicted octanol–water partition coefficient (Wildman–Crippen LogP) is 1.96. The summed E-state index contributed by atoms with van der Waals surface area (Å²) in [5, 5.41) is 4.15. The standard InChI is InChI=1S/C8H13NS/c1-6-5-8(2)3-4-10-7(8)9-6/h5,7,9H,3-4H2,1-2H3. The fourth-order valence-corrected chi connectivity index (χ4v) is 3.44. The average molecular weight is 155 g/mol. The molecule has 0 radical (unpaired) electrons. The van der Waals surface area contributed by atoms with Gasteiger partial charge in [0, 0.05) is 11.1 Å². The van der Waals surface area contributed by atoms with Gasteiger partial charge in [-0.1, -0.05) is 13.0 Å². The topological polar surface area (TPSA) is 12.0 Å². The maximum Gasteiger partial charge on any atom is 0.0809 e. The molecule has 0 aromatic heterocycles. The average Bonchev–Trinajstić information content (AvgIpc) is 2.20. The molecule has 2 aliphatic rings. The summed E-state index contributed by atoms with van der Waals surface area (Å²) in [6.45, 7) is 4.51. The first-order chi connectivity index (χ1) is 4.71. The lowest BCUT2D eigenvalue weighted by molar-refractivity contribution is 0.424. The minimum atomic E-state index is 0.467. The van der Waals surface area contributed by atoms with Gasteiger partial charge in [-0.2, -0.15) is 0 Å². The van der Waals surface area contributed by atoms with E-state index in [0.717, 1.165) is 0 Å². The Labute approximate surface area is 66.3 Å². The lowest BCUT2D eigenvalue weighted by Gasteiger charge is -2.20. The molecule has 0 saturated carbocycles. The van der Waals surface area contributed by atoms with Crippen molar-refractivity contribution in [3.05, 3.63) is 11.8 Å². The van der Waals surface area contributed by atoms with Crippen LogP contribution >= 0.6 is 11.8 Å². The van der Waals surface area contributed by atoms with Gasteiger partial charge in [0.25, 0.3) is 0 Å². The smallest absolute Gasteiger partial charge is 0.0809 e. The first-order valence-corrected chi connectivity index (χ1v) is 4.83. The number of fused-ring (bicyclic) bond motifs is 1. The maximum absolute atomic E-state index is 3.48. The molecule has 2 heterocycles. The van der Waals surface area contributed by atoms with Crippen LogP contribution in [0.15, 0.2) is 11.8 Å². The van der Waals surface area contributed by atoms with E-state index in [2.05, 4.69) is 37.0 Å². The molecule has 1 N–H and O–H groups in total. The molecule has 56 valence electrons. The summed E-state index contributed by atoms with van der Waals surface area (Å²) < 4.78 is 0. The fourth-order valence-electron chi connectivity index (χ4n) is 1.82. The molecule has 2 rings (SSSR count). The molecule has 1 saturated heterocycles. The van der Waals surface area contributed by atoms with E-state index < -0.39 is 0 Å². The highest BCUT2D eigenvalue weighted by Crippen LogP contribution is 2.46. The summed E-state index contributed by atoms with van der Waals surface area (Å²) in [7, 11) is 0. The van der Waals surface area contributed by atoms with Crippen molar-refractivity contribution in [1.29, 1.82) is 0 Å². The molecular weight excluding hydrogens is 142 g/mol. The van der Waals surface area contributed by atoms with Crippen LogP contribution in [0.25, 0.3) is 0 Å². The molecule has 2 atom stereocenters. The summed E-state index contributed by atoms with van der Waals surface area (Å²) in [6, 6.07) is 0. The lowest BCUT2D eigenvalue weighted by Crippen LogP contribution is -2.27. The minimum absolute atomic E-state index is 0.467. The molecular formula is C8H13NS. The van der Waals surface area contributed by atoms with Crippen molar-refractivity contribution in [3.63, 3.8) is 0 Å². The van der Waals surface area contributed by atoms with Gasteiger partial charge in [0.2, 0.25) is 0 Å². The van der Waals surface area contributed by atoms with Gasteiger partial charge >= 0.3 is 0 Å². The van der Waals surface area contributed by atoms with Crippen LogP contribution < -0.4 is 5.32 Å². The quantitative estimate of drug-likeness (QED) is 0.574. The summed E-state index contributed by atoms with van der Waals surface area (Å²) in [5.74, 6) is 1.32. The van der Waals surface area contributed by atoms with Crippen molar-refractivity contribution in [2.75, 3.05) is 5.75 Å². The van der Waals surface area contributed by atoms with Crippen LogP contribution in [0.5, 0.6) is 0 Å². The van der Waals surface area contributed by atoms with Gasteiger partial charge in [0.1, 0.15) is 0 Å². The van der Waals surface area contributed by atoms with Gasteiger partial charge < -0.3 is 5.32 Å². The number of hydrogen-bond donors (Lipinski definition) is 1. The molecule has 10 heavy (non-hydrogen) atoms. The van der Waals surface area contributed by atoms with E-state index in [1.807, 2.05) is 0 Å². The van der Waals surface area contributed by atoms with Crippen LogP contribution in [0, 0.1) is 5.41 Å². The molecule has 0 aromatic rings. The van der Waals surface area contributed by atoms with E-state index in [0.29, 0.717) is 10.8 Å². The Morgan fingerprint density at radius 2 is 2.60 bits per heavy atom. The third-order valence-electron chi connectivity index (χ3n) is 2.43. The highest BCUT2D eigenvalue weighted by molar-refractivity contribution is 8.00. The predicted molar refractivity (Wildman–Crippen MR) is 45.9 cm³/mol. The Kier molecular flexibility index (Phi) is 1.28. The van der Waals surface area contributed by atoms with Crippen LogP contribution in [-0.2, 0) is 0 Å². The largest absolute Gasteiger partial charge is 0.376 e. The van der Waals surface area contributed by atoms with E-state index in [-0.39, 0.29) is 0 Å². The molecule has 1 fully saturated rings. The van der Waals surface area contributed by atoms with Crippen LogP contribution in [-0.4, -0.2) is 11.1 Å². The van der Waals surface area contributed by atoms with Gasteiger partial charge in [-0.05, 0) is 19.1 Å². The first kappa shape index (κ1) is 6.59. The molecule has 2 heteroatoms. The van der Waals surface area contributed by atoms with Crippen LogP contribution in [0.4, 0.5) is 0 Å². The van der Waals surface area contributed by atoms with Crippen molar-refractivity contribution in [2.45, 2.75) is 25.6 Å².